The van der Waals surface area contributed by atoms with E-state index in [1.807, 2.05) is 0 Å². The summed E-state index contributed by atoms with van der Waals surface area (Å²) in [6.07, 6.45) is 19.4. The van der Waals surface area contributed by atoms with Gasteiger partial charge in [0, 0.05) is 0 Å². The molecule has 1 heterocycles. The van der Waals surface area contributed by atoms with Crippen molar-refractivity contribution in [3.05, 3.63) is 69.8 Å². The molecule has 0 spiro atoms. The van der Waals surface area contributed by atoms with Crippen LogP contribution in [0.15, 0.2) is 69.8 Å². The number of carbonyl (C=O) groups is 1. The predicted molar refractivity (Wildman–Crippen MR) is 159 cm³/mol. The number of esters is 1. The third-order valence-corrected chi connectivity index (χ3v) is 6.74. The Morgan fingerprint density at radius 1 is 0.795 bits per heavy atom. The normalized spacial score (nSPS) is 17.9. The second kappa shape index (κ2) is 19.5. The molecule has 0 fully saturated rings. The number of aliphatic hydroxyl groups excluding tert-OH is 3. The van der Waals surface area contributed by atoms with Gasteiger partial charge in [0.25, 0.3) is 0 Å². The highest BCUT2D eigenvalue weighted by atomic mass is 16.6. The Balaban J connectivity index is 2.26. The monoisotopic (exact) mass is 544 g/mol. The van der Waals surface area contributed by atoms with E-state index in [1.165, 1.54) is 27.9 Å². The molecule has 0 aromatic carbocycles. The number of hydrogen-bond acceptors (Lipinski definition) is 6. The zero-order valence-corrected chi connectivity index (χ0v) is 25.1. The number of cyclic esters (lactones) is 1. The highest BCUT2D eigenvalue weighted by Crippen LogP contribution is 2.25. The van der Waals surface area contributed by atoms with Crippen molar-refractivity contribution >= 4 is 5.97 Å². The van der Waals surface area contributed by atoms with Crippen molar-refractivity contribution in [2.45, 2.75) is 118 Å². The van der Waals surface area contributed by atoms with Gasteiger partial charge in [-0.2, -0.15) is 0 Å². The lowest BCUT2D eigenvalue weighted by Gasteiger charge is -2.18. The van der Waals surface area contributed by atoms with E-state index in [1.54, 1.807) is 0 Å². The van der Waals surface area contributed by atoms with E-state index in [2.05, 4.69) is 71.9 Å². The van der Waals surface area contributed by atoms with Crippen LogP contribution in [0.25, 0.3) is 0 Å². The molecule has 0 aromatic heterocycles. The van der Waals surface area contributed by atoms with E-state index < -0.39 is 30.5 Å². The Labute approximate surface area is 236 Å². The predicted octanol–water partition coefficient (Wildman–Crippen LogP) is 7.70. The second-order valence-corrected chi connectivity index (χ2v) is 10.9. The van der Waals surface area contributed by atoms with Crippen molar-refractivity contribution in [3.8, 4) is 0 Å². The summed E-state index contributed by atoms with van der Waals surface area (Å²) in [6, 6.07) is 0. The van der Waals surface area contributed by atoms with Gasteiger partial charge in [-0.3, -0.25) is 0 Å². The number of aliphatic hydroxyl groups is 3. The molecule has 3 N–H and O–H groups in total. The molecule has 0 radical (unpaired) electrons. The lowest BCUT2D eigenvalue weighted by molar-refractivity contribution is -0.148. The Morgan fingerprint density at radius 2 is 1.26 bits per heavy atom. The van der Waals surface area contributed by atoms with E-state index in [0.29, 0.717) is 6.42 Å². The molecule has 0 amide bonds. The minimum Gasteiger partial charge on any atom is -0.499 e. The van der Waals surface area contributed by atoms with Gasteiger partial charge in [-0.15, -0.1) is 0 Å². The fourth-order valence-corrected chi connectivity index (χ4v) is 4.24. The molecule has 1 rings (SSSR count). The molecule has 220 valence electrons. The van der Waals surface area contributed by atoms with E-state index in [-0.39, 0.29) is 12.4 Å². The van der Waals surface area contributed by atoms with Crippen molar-refractivity contribution in [2.24, 2.45) is 0 Å². The van der Waals surface area contributed by atoms with Gasteiger partial charge in [0.1, 0.15) is 6.10 Å². The third-order valence-electron chi connectivity index (χ3n) is 6.74. The molecular formula is C33H52O6. The summed E-state index contributed by atoms with van der Waals surface area (Å²) in [4.78, 5) is 11.5. The van der Waals surface area contributed by atoms with Gasteiger partial charge in [0.05, 0.1) is 13.2 Å². The first kappa shape index (κ1) is 34.5. The smallest absolute Gasteiger partial charge is 0.378 e. The molecule has 6 nitrogen and oxygen atoms in total. The van der Waals surface area contributed by atoms with E-state index in [9.17, 15) is 15.0 Å². The first-order valence-electron chi connectivity index (χ1n) is 14.4. The topological polar surface area (TPSA) is 96.2 Å². The molecule has 2 unspecified atom stereocenters. The lowest BCUT2D eigenvalue weighted by atomic mass is 10.0. The molecule has 39 heavy (non-hydrogen) atoms. The van der Waals surface area contributed by atoms with Crippen molar-refractivity contribution in [2.75, 3.05) is 13.2 Å². The third kappa shape index (κ3) is 15.0. The quantitative estimate of drug-likeness (QED) is 0.0876. The van der Waals surface area contributed by atoms with Crippen LogP contribution in [0.5, 0.6) is 0 Å². The minimum atomic E-state index is -1.33. The van der Waals surface area contributed by atoms with Gasteiger partial charge in [-0.05, 0) is 106 Å². The molecule has 1 aliphatic rings. The minimum absolute atomic E-state index is 0.105. The molecule has 1 aliphatic heterocycles. The molecule has 6 heteroatoms. The summed E-state index contributed by atoms with van der Waals surface area (Å²) in [5, 5.41) is 28.6. The number of carbonyl (C=O) groups excluding carboxylic acids is 1. The van der Waals surface area contributed by atoms with Crippen LogP contribution in [0.2, 0.25) is 0 Å². The van der Waals surface area contributed by atoms with Crippen molar-refractivity contribution in [1.82, 2.24) is 0 Å². The Morgan fingerprint density at radius 3 is 1.74 bits per heavy atom. The van der Waals surface area contributed by atoms with Crippen LogP contribution in [0.1, 0.15) is 106 Å². The number of allylic oxidation sites excluding steroid dienone is 10. The summed E-state index contributed by atoms with van der Waals surface area (Å²) in [7, 11) is 0. The highest BCUT2D eigenvalue weighted by molar-refractivity contribution is 5.89. The van der Waals surface area contributed by atoms with E-state index >= 15 is 0 Å². The maximum atomic E-state index is 11.5. The largest absolute Gasteiger partial charge is 0.499 e. The fourth-order valence-electron chi connectivity index (χ4n) is 4.24. The van der Waals surface area contributed by atoms with Crippen LogP contribution in [0.3, 0.4) is 0 Å². The van der Waals surface area contributed by atoms with Crippen molar-refractivity contribution in [1.29, 1.82) is 0 Å². The maximum absolute atomic E-state index is 11.5. The molecule has 0 saturated heterocycles. The summed E-state index contributed by atoms with van der Waals surface area (Å²) >= 11 is 0. The van der Waals surface area contributed by atoms with Gasteiger partial charge in [-0.1, -0.05) is 58.2 Å². The molecule has 0 saturated carbocycles. The van der Waals surface area contributed by atoms with Crippen molar-refractivity contribution in [3.63, 3.8) is 0 Å². The summed E-state index contributed by atoms with van der Waals surface area (Å²) in [5.41, 5.74) is 7.01. The SMILES string of the molecule is CC(C)=CCC/C(C)=C/CC/C(C)=C/CC/C=C(\C)CCC=C(C)CCCOC1=C(O)C(=O)OC1C(O)CO. The van der Waals surface area contributed by atoms with Crippen LogP contribution in [0.4, 0.5) is 0 Å². The first-order chi connectivity index (χ1) is 18.5. The van der Waals surface area contributed by atoms with Gasteiger partial charge >= 0.3 is 5.97 Å². The van der Waals surface area contributed by atoms with E-state index in [0.717, 1.165) is 57.8 Å². The Hall–Kier alpha value is -2.57. The van der Waals surface area contributed by atoms with Crippen LogP contribution in [0, 0.1) is 0 Å². The Kier molecular flexibility index (Phi) is 17.2. The molecular weight excluding hydrogens is 492 g/mol. The van der Waals surface area contributed by atoms with E-state index in [4.69, 9.17) is 14.6 Å². The van der Waals surface area contributed by atoms with Gasteiger partial charge in [0.2, 0.25) is 5.76 Å². The summed E-state index contributed by atoms with van der Waals surface area (Å²) in [5.74, 6) is -1.69. The van der Waals surface area contributed by atoms with Crippen LogP contribution < -0.4 is 0 Å². The molecule has 0 aromatic rings. The zero-order chi connectivity index (χ0) is 29.2. The zero-order valence-electron chi connectivity index (χ0n) is 25.1. The summed E-state index contributed by atoms with van der Waals surface area (Å²) in [6.45, 7) is 12.7. The van der Waals surface area contributed by atoms with Gasteiger partial charge < -0.3 is 24.8 Å². The fraction of sp³-hybridized carbons (Fsp3) is 0.606. The maximum Gasteiger partial charge on any atom is 0.378 e. The molecule has 0 bridgehead atoms. The molecule has 2 atom stereocenters. The Bertz CT molecular complexity index is 943. The van der Waals surface area contributed by atoms with Gasteiger partial charge in [-0.25, -0.2) is 4.79 Å². The highest BCUT2D eigenvalue weighted by Gasteiger charge is 2.40. The number of hydrogen-bond donors (Lipinski definition) is 3. The summed E-state index contributed by atoms with van der Waals surface area (Å²) < 4.78 is 10.4. The lowest BCUT2D eigenvalue weighted by Crippen LogP contribution is -2.32. The molecule has 0 aliphatic carbocycles. The second-order valence-electron chi connectivity index (χ2n) is 10.9. The average Bonchev–Trinajstić information content (AvgIpc) is 3.17. The van der Waals surface area contributed by atoms with Crippen LogP contribution >= 0.6 is 0 Å². The number of ether oxygens (including phenoxy) is 2. The van der Waals surface area contributed by atoms with Crippen molar-refractivity contribution < 1.29 is 29.6 Å². The average molecular weight is 545 g/mol. The van der Waals surface area contributed by atoms with Crippen LogP contribution in [-0.2, 0) is 14.3 Å². The number of rotatable bonds is 19. The van der Waals surface area contributed by atoms with Gasteiger partial charge in [0.15, 0.2) is 11.9 Å². The standard InChI is InChI=1S/C33H52O6/c1-24(2)13-9-16-27(5)19-10-17-25(3)14-7-8-15-26(4)18-11-20-28(6)21-12-22-38-32-30(36)33(37)39-31(32)29(35)23-34/h13-15,19-20,29,31,34-36H,7-12,16-18,21-23H2,1-6H3/b25-14+,26-15+,27-19+,28-20?. The van der Waals surface area contributed by atoms with Crippen LogP contribution in [-0.4, -0.2) is 46.7 Å². The number of unbranched alkanes of at least 4 members (excludes halogenated alkanes) is 1. The first-order valence-corrected chi connectivity index (χ1v) is 14.4.